The quantitative estimate of drug-likeness (QED) is 0.335. The number of carbonyl (C=O) groups excluding carboxylic acids is 3. The Bertz CT molecular complexity index is 642. The Kier molecular flexibility index (Phi) is 12.4. The standard InChI is InChI=1S/C15H18O2.C6H7NO2/c1-3-4-12-17-15(16)13(2)10-11-14-8-6-5-7-9-14;1-3-5(8)7-6(9)4-2/h5-11H,2-4,12H2,1H3;3-4H,1-2H2,(H,7,8,9). The Balaban J connectivity index is 0.000000590. The van der Waals surface area contributed by atoms with Gasteiger partial charge in [0.25, 0.3) is 0 Å². The maximum atomic E-state index is 11.5. The van der Waals surface area contributed by atoms with Gasteiger partial charge in [0, 0.05) is 0 Å². The first-order valence-electron chi connectivity index (χ1n) is 8.13. The SMILES string of the molecule is C=C(C=Cc1ccccc1)C(=O)OCCCC.C=CC(=O)NC(=O)C=C. The van der Waals surface area contributed by atoms with Crippen molar-refractivity contribution in [2.45, 2.75) is 19.8 Å². The lowest BCUT2D eigenvalue weighted by atomic mass is 10.2. The van der Waals surface area contributed by atoms with Gasteiger partial charge in [-0.2, -0.15) is 0 Å². The lowest BCUT2D eigenvalue weighted by Gasteiger charge is -2.02. The highest BCUT2D eigenvalue weighted by molar-refractivity contribution is 6.04. The predicted octanol–water partition coefficient (Wildman–Crippen LogP) is 3.60. The smallest absolute Gasteiger partial charge is 0.337 e. The minimum absolute atomic E-state index is 0.342. The molecule has 0 aliphatic rings. The van der Waals surface area contributed by atoms with Gasteiger partial charge in [-0.25, -0.2) is 4.79 Å². The van der Waals surface area contributed by atoms with Crippen molar-refractivity contribution in [3.05, 3.63) is 79.4 Å². The summed E-state index contributed by atoms with van der Waals surface area (Å²) in [6, 6.07) is 9.77. The van der Waals surface area contributed by atoms with Crippen LogP contribution in [0.3, 0.4) is 0 Å². The number of rotatable bonds is 8. The molecule has 0 spiro atoms. The van der Waals surface area contributed by atoms with Gasteiger partial charge in [0.15, 0.2) is 0 Å². The minimum Gasteiger partial charge on any atom is -0.462 e. The van der Waals surface area contributed by atoms with Crippen molar-refractivity contribution < 1.29 is 19.1 Å². The average Bonchev–Trinajstić information content (AvgIpc) is 2.67. The minimum atomic E-state index is -0.514. The topological polar surface area (TPSA) is 72.5 Å². The molecule has 138 valence electrons. The molecule has 0 saturated heterocycles. The van der Waals surface area contributed by atoms with E-state index in [2.05, 4.69) is 26.7 Å². The van der Waals surface area contributed by atoms with Crippen LogP contribution in [0.25, 0.3) is 6.08 Å². The van der Waals surface area contributed by atoms with E-state index in [-0.39, 0.29) is 5.97 Å². The first kappa shape index (κ1) is 22.8. The molecular weight excluding hydrogens is 330 g/mol. The van der Waals surface area contributed by atoms with Crippen LogP contribution >= 0.6 is 0 Å². The number of nitrogens with one attached hydrogen (secondary N) is 1. The molecule has 0 unspecified atom stereocenters. The average molecular weight is 355 g/mol. The number of carbonyl (C=O) groups is 3. The van der Waals surface area contributed by atoms with E-state index >= 15 is 0 Å². The second-order valence-electron chi connectivity index (χ2n) is 5.02. The highest BCUT2D eigenvalue weighted by Gasteiger charge is 2.04. The van der Waals surface area contributed by atoms with Gasteiger partial charge in [0.2, 0.25) is 11.8 Å². The van der Waals surface area contributed by atoms with E-state index in [9.17, 15) is 14.4 Å². The van der Waals surface area contributed by atoms with E-state index in [1.807, 2.05) is 41.7 Å². The maximum Gasteiger partial charge on any atom is 0.337 e. The molecule has 0 atom stereocenters. The summed E-state index contributed by atoms with van der Waals surface area (Å²) in [6.45, 7) is 12.5. The monoisotopic (exact) mass is 355 g/mol. The second-order valence-corrected chi connectivity index (χ2v) is 5.02. The molecule has 5 heteroatoms. The Morgan fingerprint density at radius 2 is 1.65 bits per heavy atom. The number of ether oxygens (including phenoxy) is 1. The van der Waals surface area contributed by atoms with E-state index < -0.39 is 11.8 Å². The van der Waals surface area contributed by atoms with E-state index in [1.54, 1.807) is 6.08 Å². The third kappa shape index (κ3) is 11.3. The summed E-state index contributed by atoms with van der Waals surface area (Å²) in [6.07, 6.45) is 7.47. The highest BCUT2D eigenvalue weighted by Crippen LogP contribution is 2.05. The summed E-state index contributed by atoms with van der Waals surface area (Å²) in [7, 11) is 0. The number of esters is 1. The Morgan fingerprint density at radius 3 is 2.15 bits per heavy atom. The van der Waals surface area contributed by atoms with Crippen molar-refractivity contribution in [3.8, 4) is 0 Å². The first-order chi connectivity index (χ1) is 12.4. The van der Waals surface area contributed by atoms with E-state index in [0.29, 0.717) is 12.2 Å². The summed E-state index contributed by atoms with van der Waals surface area (Å²) in [5.74, 6) is -1.37. The zero-order chi connectivity index (χ0) is 19.8. The van der Waals surface area contributed by atoms with Crippen molar-refractivity contribution in [2.24, 2.45) is 0 Å². The predicted molar refractivity (Wildman–Crippen MR) is 104 cm³/mol. The lowest BCUT2D eigenvalue weighted by Crippen LogP contribution is -2.26. The highest BCUT2D eigenvalue weighted by atomic mass is 16.5. The molecule has 0 aromatic heterocycles. The van der Waals surface area contributed by atoms with E-state index in [4.69, 9.17) is 4.74 Å². The number of unbranched alkanes of at least 4 members (excludes halogenated alkanes) is 1. The fourth-order valence-electron chi connectivity index (χ4n) is 1.45. The summed E-state index contributed by atoms with van der Waals surface area (Å²) >= 11 is 0. The van der Waals surface area contributed by atoms with Crippen molar-refractivity contribution in [2.75, 3.05) is 6.61 Å². The van der Waals surface area contributed by atoms with Gasteiger partial charge in [-0.3, -0.25) is 14.9 Å². The van der Waals surface area contributed by atoms with Crippen molar-refractivity contribution in [1.29, 1.82) is 0 Å². The zero-order valence-corrected chi connectivity index (χ0v) is 15.1. The first-order valence-corrected chi connectivity index (χ1v) is 8.13. The van der Waals surface area contributed by atoms with Crippen molar-refractivity contribution in [3.63, 3.8) is 0 Å². The summed E-state index contributed by atoms with van der Waals surface area (Å²) < 4.78 is 5.04. The van der Waals surface area contributed by atoms with Gasteiger partial charge in [0.05, 0.1) is 12.2 Å². The number of hydrogen-bond donors (Lipinski definition) is 1. The molecule has 1 aromatic carbocycles. The van der Waals surface area contributed by atoms with Crippen molar-refractivity contribution in [1.82, 2.24) is 5.32 Å². The van der Waals surface area contributed by atoms with Crippen LogP contribution in [0.4, 0.5) is 0 Å². The van der Waals surface area contributed by atoms with Crippen LogP contribution in [-0.2, 0) is 19.1 Å². The molecule has 5 nitrogen and oxygen atoms in total. The van der Waals surface area contributed by atoms with Crippen LogP contribution in [0.15, 0.2) is 73.9 Å². The third-order valence-corrected chi connectivity index (χ3v) is 2.89. The maximum absolute atomic E-state index is 11.5. The number of amides is 2. The number of benzene rings is 1. The molecule has 1 N–H and O–H groups in total. The molecular formula is C21H25NO4. The van der Waals surface area contributed by atoms with Gasteiger partial charge in [-0.05, 0) is 30.2 Å². The largest absolute Gasteiger partial charge is 0.462 e. The Labute approximate surface area is 154 Å². The number of imide groups is 1. The van der Waals surface area contributed by atoms with Gasteiger partial charge >= 0.3 is 5.97 Å². The normalized spacial score (nSPS) is 9.42. The van der Waals surface area contributed by atoms with Crippen LogP contribution in [0.1, 0.15) is 25.3 Å². The fourth-order valence-corrected chi connectivity index (χ4v) is 1.45. The van der Waals surface area contributed by atoms with Crippen LogP contribution in [0.2, 0.25) is 0 Å². The molecule has 0 radical (unpaired) electrons. The van der Waals surface area contributed by atoms with Crippen molar-refractivity contribution >= 4 is 23.9 Å². The molecule has 0 heterocycles. The molecule has 0 aliphatic heterocycles. The number of hydrogen-bond acceptors (Lipinski definition) is 4. The van der Waals surface area contributed by atoms with Gasteiger partial charge in [-0.1, -0.05) is 69.5 Å². The van der Waals surface area contributed by atoms with Gasteiger partial charge < -0.3 is 4.74 Å². The van der Waals surface area contributed by atoms with E-state index in [1.165, 1.54) is 0 Å². The van der Waals surface area contributed by atoms with Crippen LogP contribution in [-0.4, -0.2) is 24.4 Å². The molecule has 0 saturated carbocycles. The molecule has 2 amide bonds. The lowest BCUT2D eigenvalue weighted by molar-refractivity contribution is -0.138. The van der Waals surface area contributed by atoms with E-state index in [0.717, 1.165) is 30.6 Å². The third-order valence-electron chi connectivity index (χ3n) is 2.89. The van der Waals surface area contributed by atoms with Crippen LogP contribution < -0.4 is 5.32 Å². The molecule has 1 rings (SSSR count). The summed E-state index contributed by atoms with van der Waals surface area (Å²) in [5.41, 5.74) is 1.42. The molecule has 0 fully saturated rings. The van der Waals surface area contributed by atoms with Gasteiger partial charge in [0.1, 0.15) is 0 Å². The molecule has 0 bridgehead atoms. The second kappa shape index (κ2) is 14.2. The zero-order valence-electron chi connectivity index (χ0n) is 15.1. The van der Waals surface area contributed by atoms with Crippen LogP contribution in [0.5, 0.6) is 0 Å². The fraction of sp³-hybridized carbons (Fsp3) is 0.190. The van der Waals surface area contributed by atoms with Gasteiger partial charge in [-0.15, -0.1) is 0 Å². The molecule has 26 heavy (non-hydrogen) atoms. The summed E-state index contributed by atoms with van der Waals surface area (Å²) in [5, 5.41) is 1.97. The summed E-state index contributed by atoms with van der Waals surface area (Å²) in [4.78, 5) is 32.0. The molecule has 0 aliphatic carbocycles. The molecule has 1 aromatic rings. The Morgan fingerprint density at radius 1 is 1.08 bits per heavy atom. The Hall–Kier alpha value is -3.21. The van der Waals surface area contributed by atoms with Crippen LogP contribution in [0, 0.1) is 0 Å².